The Hall–Kier alpha value is -0.610. The maximum Gasteiger partial charge on any atom is 0.222 e. The highest BCUT2D eigenvalue weighted by atomic mass is 16.5. The SMILES string of the molecule is COCCC(=O)NCC1CCNCC1. The lowest BCUT2D eigenvalue weighted by atomic mass is 9.98. The van der Waals surface area contributed by atoms with Crippen molar-refractivity contribution in [1.82, 2.24) is 10.6 Å². The lowest BCUT2D eigenvalue weighted by Gasteiger charge is -2.22. The van der Waals surface area contributed by atoms with Crippen LogP contribution in [-0.4, -0.2) is 39.3 Å². The van der Waals surface area contributed by atoms with Crippen molar-refractivity contribution in [2.45, 2.75) is 19.3 Å². The number of nitrogens with one attached hydrogen (secondary N) is 2. The van der Waals surface area contributed by atoms with Gasteiger partial charge in [0, 0.05) is 20.1 Å². The summed E-state index contributed by atoms with van der Waals surface area (Å²) in [6, 6.07) is 0. The molecule has 1 heterocycles. The fourth-order valence-electron chi connectivity index (χ4n) is 1.63. The van der Waals surface area contributed by atoms with Crippen molar-refractivity contribution in [2.75, 3.05) is 33.4 Å². The molecule has 1 aliphatic heterocycles. The first kappa shape index (κ1) is 11.5. The van der Waals surface area contributed by atoms with Crippen LogP contribution in [0.25, 0.3) is 0 Å². The first-order valence-electron chi connectivity index (χ1n) is 5.29. The number of amides is 1. The molecule has 1 rings (SSSR count). The Morgan fingerprint density at radius 3 is 2.86 bits per heavy atom. The molecule has 0 aromatic rings. The molecule has 0 aromatic heterocycles. The van der Waals surface area contributed by atoms with Gasteiger partial charge in [-0.15, -0.1) is 0 Å². The van der Waals surface area contributed by atoms with Gasteiger partial charge in [-0.05, 0) is 31.8 Å². The lowest BCUT2D eigenvalue weighted by Crippen LogP contribution is -2.36. The number of hydrogen-bond donors (Lipinski definition) is 2. The molecule has 1 saturated heterocycles. The van der Waals surface area contributed by atoms with Gasteiger partial charge in [0.2, 0.25) is 5.91 Å². The van der Waals surface area contributed by atoms with Crippen LogP contribution >= 0.6 is 0 Å². The molecular weight excluding hydrogens is 180 g/mol. The van der Waals surface area contributed by atoms with Crippen LogP contribution in [0.15, 0.2) is 0 Å². The summed E-state index contributed by atoms with van der Waals surface area (Å²) in [7, 11) is 1.61. The molecule has 1 aliphatic rings. The van der Waals surface area contributed by atoms with Crippen LogP contribution in [0.2, 0.25) is 0 Å². The van der Waals surface area contributed by atoms with Crippen molar-refractivity contribution in [3.8, 4) is 0 Å². The number of carbonyl (C=O) groups is 1. The summed E-state index contributed by atoms with van der Waals surface area (Å²) in [5.41, 5.74) is 0. The summed E-state index contributed by atoms with van der Waals surface area (Å²) in [4.78, 5) is 11.2. The molecule has 0 bridgehead atoms. The molecule has 0 atom stereocenters. The largest absolute Gasteiger partial charge is 0.384 e. The second-order valence-corrected chi connectivity index (χ2v) is 3.74. The van der Waals surface area contributed by atoms with Crippen LogP contribution in [0.4, 0.5) is 0 Å². The van der Waals surface area contributed by atoms with Crippen molar-refractivity contribution in [3.63, 3.8) is 0 Å². The maximum atomic E-state index is 11.2. The highest BCUT2D eigenvalue weighted by molar-refractivity contribution is 5.75. The van der Waals surface area contributed by atoms with E-state index in [1.807, 2.05) is 0 Å². The second kappa shape index (κ2) is 6.79. The van der Waals surface area contributed by atoms with Gasteiger partial charge in [0.05, 0.1) is 6.61 Å². The number of methoxy groups -OCH3 is 1. The van der Waals surface area contributed by atoms with Gasteiger partial charge in [-0.3, -0.25) is 4.79 Å². The molecule has 4 nitrogen and oxygen atoms in total. The third-order valence-corrected chi connectivity index (χ3v) is 2.58. The van der Waals surface area contributed by atoms with E-state index in [2.05, 4.69) is 10.6 Å². The van der Waals surface area contributed by atoms with Crippen LogP contribution in [0.1, 0.15) is 19.3 Å². The lowest BCUT2D eigenvalue weighted by molar-refractivity contribution is -0.122. The van der Waals surface area contributed by atoms with E-state index in [-0.39, 0.29) is 5.91 Å². The van der Waals surface area contributed by atoms with Crippen LogP contribution in [0, 0.1) is 5.92 Å². The molecule has 14 heavy (non-hydrogen) atoms. The van der Waals surface area contributed by atoms with E-state index in [0.717, 1.165) is 19.6 Å². The molecule has 4 heteroatoms. The third-order valence-electron chi connectivity index (χ3n) is 2.58. The molecular formula is C10H20N2O2. The van der Waals surface area contributed by atoms with Crippen LogP contribution in [-0.2, 0) is 9.53 Å². The topological polar surface area (TPSA) is 50.4 Å². The van der Waals surface area contributed by atoms with Crippen molar-refractivity contribution in [3.05, 3.63) is 0 Å². The minimum absolute atomic E-state index is 0.102. The fraction of sp³-hybridized carbons (Fsp3) is 0.900. The molecule has 0 aromatic carbocycles. The normalized spacial score (nSPS) is 18.1. The summed E-state index contributed by atoms with van der Waals surface area (Å²) in [6.45, 7) is 3.50. The zero-order chi connectivity index (χ0) is 10.2. The molecule has 1 amide bonds. The predicted octanol–water partition coefficient (Wildman–Crippen LogP) is 0.139. The van der Waals surface area contributed by atoms with Crippen LogP contribution in [0.5, 0.6) is 0 Å². The maximum absolute atomic E-state index is 11.2. The van der Waals surface area contributed by atoms with E-state index in [1.165, 1.54) is 12.8 Å². The zero-order valence-electron chi connectivity index (χ0n) is 8.84. The minimum atomic E-state index is 0.102. The quantitative estimate of drug-likeness (QED) is 0.663. The highest BCUT2D eigenvalue weighted by Crippen LogP contribution is 2.09. The Labute approximate surface area is 85.4 Å². The van der Waals surface area contributed by atoms with Crippen LogP contribution in [0.3, 0.4) is 0 Å². The van der Waals surface area contributed by atoms with E-state index >= 15 is 0 Å². The van der Waals surface area contributed by atoms with Gasteiger partial charge in [-0.1, -0.05) is 0 Å². The smallest absolute Gasteiger partial charge is 0.222 e. The molecule has 1 fully saturated rings. The third kappa shape index (κ3) is 4.58. The molecule has 0 unspecified atom stereocenters. The summed E-state index contributed by atoms with van der Waals surface area (Å²) in [5, 5.41) is 6.24. The van der Waals surface area contributed by atoms with Crippen molar-refractivity contribution in [1.29, 1.82) is 0 Å². The number of carbonyl (C=O) groups excluding carboxylic acids is 1. The Bertz CT molecular complexity index is 168. The van der Waals surface area contributed by atoms with Gasteiger partial charge in [0.1, 0.15) is 0 Å². The van der Waals surface area contributed by atoms with Gasteiger partial charge in [-0.25, -0.2) is 0 Å². The first-order valence-corrected chi connectivity index (χ1v) is 5.29. The monoisotopic (exact) mass is 200 g/mol. The minimum Gasteiger partial charge on any atom is -0.384 e. The van der Waals surface area contributed by atoms with Crippen molar-refractivity contribution < 1.29 is 9.53 Å². The zero-order valence-corrected chi connectivity index (χ0v) is 8.84. The standard InChI is InChI=1S/C10H20N2O2/c1-14-7-4-10(13)12-8-9-2-5-11-6-3-9/h9,11H,2-8H2,1H3,(H,12,13). The van der Waals surface area contributed by atoms with Gasteiger partial charge >= 0.3 is 0 Å². The second-order valence-electron chi connectivity index (χ2n) is 3.74. The predicted molar refractivity (Wildman–Crippen MR) is 55.1 cm³/mol. The average molecular weight is 200 g/mol. The molecule has 0 saturated carbocycles. The molecule has 0 radical (unpaired) electrons. The average Bonchev–Trinajstić information content (AvgIpc) is 2.25. The number of ether oxygens (including phenoxy) is 1. The fourth-order valence-corrected chi connectivity index (χ4v) is 1.63. The van der Waals surface area contributed by atoms with Crippen molar-refractivity contribution >= 4 is 5.91 Å². The summed E-state index contributed by atoms with van der Waals surface area (Å²) in [5.74, 6) is 0.758. The summed E-state index contributed by atoms with van der Waals surface area (Å²) < 4.78 is 4.83. The number of rotatable bonds is 5. The van der Waals surface area contributed by atoms with Crippen LogP contribution < -0.4 is 10.6 Å². The Morgan fingerprint density at radius 1 is 1.50 bits per heavy atom. The Balaban J connectivity index is 2.03. The van der Waals surface area contributed by atoms with E-state index in [9.17, 15) is 4.79 Å². The van der Waals surface area contributed by atoms with E-state index in [4.69, 9.17) is 4.74 Å². The molecule has 0 spiro atoms. The Kier molecular flexibility index (Phi) is 5.56. The molecule has 82 valence electrons. The molecule has 2 N–H and O–H groups in total. The van der Waals surface area contributed by atoms with Gasteiger partial charge in [-0.2, -0.15) is 0 Å². The summed E-state index contributed by atoms with van der Waals surface area (Å²) >= 11 is 0. The highest BCUT2D eigenvalue weighted by Gasteiger charge is 2.13. The first-order chi connectivity index (χ1) is 6.83. The number of piperidine rings is 1. The Morgan fingerprint density at radius 2 is 2.21 bits per heavy atom. The van der Waals surface area contributed by atoms with Gasteiger partial charge in [0.15, 0.2) is 0 Å². The van der Waals surface area contributed by atoms with E-state index in [0.29, 0.717) is 18.9 Å². The molecule has 0 aliphatic carbocycles. The summed E-state index contributed by atoms with van der Waals surface area (Å²) in [6.07, 6.45) is 2.82. The van der Waals surface area contributed by atoms with E-state index in [1.54, 1.807) is 7.11 Å². The van der Waals surface area contributed by atoms with Gasteiger partial charge < -0.3 is 15.4 Å². The van der Waals surface area contributed by atoms with Crippen molar-refractivity contribution in [2.24, 2.45) is 5.92 Å². The van der Waals surface area contributed by atoms with Gasteiger partial charge in [0.25, 0.3) is 0 Å². The number of hydrogen-bond acceptors (Lipinski definition) is 3. The van der Waals surface area contributed by atoms with E-state index < -0.39 is 0 Å².